The summed E-state index contributed by atoms with van der Waals surface area (Å²) in [6.07, 6.45) is 2.15. The van der Waals surface area contributed by atoms with E-state index in [1.165, 1.54) is 0 Å². The van der Waals surface area contributed by atoms with Crippen molar-refractivity contribution in [3.05, 3.63) is 0 Å². The highest BCUT2D eigenvalue weighted by Crippen LogP contribution is 2.38. The summed E-state index contributed by atoms with van der Waals surface area (Å²) in [6, 6.07) is 1.97. The molecule has 1 unspecified atom stereocenters. The molecule has 1 aliphatic rings. The van der Waals surface area contributed by atoms with Gasteiger partial charge in [-0.1, -0.05) is 19.3 Å². The summed E-state index contributed by atoms with van der Waals surface area (Å²) in [5, 5.41) is 26.9. The molecule has 1 fully saturated rings. The Morgan fingerprint density at radius 2 is 1.92 bits per heavy atom. The molecule has 0 bridgehead atoms. The van der Waals surface area contributed by atoms with Gasteiger partial charge in [-0.2, -0.15) is 5.26 Å². The first-order valence-electron chi connectivity index (χ1n) is 4.44. The van der Waals surface area contributed by atoms with Gasteiger partial charge in [-0.05, 0) is 12.8 Å². The van der Waals surface area contributed by atoms with Crippen LogP contribution in [0.4, 0.5) is 0 Å². The average molecular weight is 183 g/mol. The Bertz CT molecular complexity index is 238. The number of hydrogen-bond acceptors (Lipinski definition) is 3. The maximum absolute atomic E-state index is 10.6. The van der Waals surface area contributed by atoms with Crippen molar-refractivity contribution in [2.45, 2.75) is 38.2 Å². The van der Waals surface area contributed by atoms with Gasteiger partial charge in [-0.3, -0.25) is 0 Å². The quantitative estimate of drug-likeness (QED) is 0.666. The molecule has 0 aromatic carbocycles. The van der Waals surface area contributed by atoms with Crippen LogP contribution in [-0.4, -0.2) is 22.3 Å². The molecule has 2 N–H and O–H groups in total. The third-order valence-corrected chi connectivity index (χ3v) is 2.73. The fourth-order valence-electron chi connectivity index (χ4n) is 1.87. The van der Waals surface area contributed by atoms with Crippen molar-refractivity contribution in [3.63, 3.8) is 0 Å². The van der Waals surface area contributed by atoms with Crippen LogP contribution in [-0.2, 0) is 4.79 Å². The van der Waals surface area contributed by atoms with Crippen LogP contribution in [0.2, 0.25) is 0 Å². The predicted molar refractivity (Wildman–Crippen MR) is 44.8 cm³/mol. The third-order valence-electron chi connectivity index (χ3n) is 2.73. The van der Waals surface area contributed by atoms with Crippen molar-refractivity contribution in [1.29, 1.82) is 5.26 Å². The van der Waals surface area contributed by atoms with Gasteiger partial charge in [0.25, 0.3) is 0 Å². The lowest BCUT2D eigenvalue weighted by Gasteiger charge is -2.32. The van der Waals surface area contributed by atoms with Crippen LogP contribution in [0.15, 0.2) is 0 Å². The zero-order valence-electron chi connectivity index (χ0n) is 7.36. The summed E-state index contributed by atoms with van der Waals surface area (Å²) in [5.41, 5.74) is -1.04. The van der Waals surface area contributed by atoms with E-state index in [9.17, 15) is 9.90 Å². The number of hydrogen-bond donors (Lipinski definition) is 2. The Labute approximate surface area is 76.8 Å². The molecule has 1 aliphatic carbocycles. The Balaban J connectivity index is 2.80. The van der Waals surface area contributed by atoms with Crippen molar-refractivity contribution in [1.82, 2.24) is 0 Å². The van der Waals surface area contributed by atoms with Gasteiger partial charge in [-0.25, -0.2) is 4.79 Å². The van der Waals surface area contributed by atoms with Crippen molar-refractivity contribution < 1.29 is 15.0 Å². The van der Waals surface area contributed by atoms with Crippen LogP contribution >= 0.6 is 0 Å². The van der Waals surface area contributed by atoms with E-state index in [1.54, 1.807) is 0 Å². The standard InChI is InChI=1S/C9H13NO3/c10-6-9(7(11)8(12)13)4-2-1-3-5-9/h7,11H,1-5H2,(H,12,13). The van der Waals surface area contributed by atoms with Gasteiger partial charge >= 0.3 is 5.97 Å². The molecule has 0 aliphatic heterocycles. The normalized spacial score (nSPS) is 23.1. The molecule has 1 saturated carbocycles. The summed E-state index contributed by atoms with van der Waals surface area (Å²) >= 11 is 0. The van der Waals surface area contributed by atoms with E-state index < -0.39 is 17.5 Å². The molecule has 1 rings (SSSR count). The van der Waals surface area contributed by atoms with Crippen LogP contribution in [0.3, 0.4) is 0 Å². The minimum atomic E-state index is -1.53. The highest BCUT2D eigenvalue weighted by molar-refractivity contribution is 5.73. The maximum atomic E-state index is 10.6. The molecule has 0 amide bonds. The molecule has 0 heterocycles. The first-order chi connectivity index (χ1) is 6.12. The van der Waals surface area contributed by atoms with Crippen LogP contribution in [0.1, 0.15) is 32.1 Å². The van der Waals surface area contributed by atoms with Crippen LogP contribution in [0, 0.1) is 16.7 Å². The molecular weight excluding hydrogens is 170 g/mol. The maximum Gasteiger partial charge on any atom is 0.334 e. The Kier molecular flexibility index (Phi) is 2.89. The number of nitriles is 1. The van der Waals surface area contributed by atoms with Gasteiger partial charge in [0.2, 0.25) is 0 Å². The number of carboxylic acid groups (broad SMARTS) is 1. The number of aliphatic hydroxyl groups is 1. The summed E-state index contributed by atoms with van der Waals surface area (Å²) in [7, 11) is 0. The highest BCUT2D eigenvalue weighted by atomic mass is 16.4. The number of rotatable bonds is 2. The molecule has 0 spiro atoms. The fraction of sp³-hybridized carbons (Fsp3) is 0.778. The topological polar surface area (TPSA) is 81.3 Å². The lowest BCUT2D eigenvalue weighted by atomic mass is 9.71. The molecule has 4 heteroatoms. The van der Waals surface area contributed by atoms with Crippen LogP contribution in [0.25, 0.3) is 0 Å². The smallest absolute Gasteiger partial charge is 0.334 e. The average Bonchev–Trinajstić information content (AvgIpc) is 2.17. The first kappa shape index (κ1) is 10.0. The van der Waals surface area contributed by atoms with Crippen LogP contribution in [0.5, 0.6) is 0 Å². The van der Waals surface area contributed by atoms with E-state index in [0.29, 0.717) is 12.8 Å². The zero-order chi connectivity index (χ0) is 9.90. The van der Waals surface area contributed by atoms with E-state index in [0.717, 1.165) is 19.3 Å². The largest absolute Gasteiger partial charge is 0.479 e. The number of nitrogens with zero attached hydrogens (tertiary/aromatic N) is 1. The summed E-state index contributed by atoms with van der Waals surface area (Å²) in [4.78, 5) is 10.6. The van der Waals surface area contributed by atoms with Gasteiger partial charge in [-0.15, -0.1) is 0 Å². The first-order valence-corrected chi connectivity index (χ1v) is 4.44. The molecule has 72 valence electrons. The van der Waals surface area contributed by atoms with Crippen molar-refractivity contribution >= 4 is 5.97 Å². The monoisotopic (exact) mass is 183 g/mol. The number of carboxylic acids is 1. The molecule has 0 aromatic rings. The minimum Gasteiger partial charge on any atom is -0.479 e. The molecule has 13 heavy (non-hydrogen) atoms. The molecule has 0 saturated heterocycles. The summed E-state index contributed by atoms with van der Waals surface area (Å²) < 4.78 is 0. The second-order valence-electron chi connectivity index (χ2n) is 3.57. The van der Waals surface area contributed by atoms with Crippen LogP contribution < -0.4 is 0 Å². The second-order valence-corrected chi connectivity index (χ2v) is 3.57. The Hall–Kier alpha value is -1.08. The van der Waals surface area contributed by atoms with E-state index >= 15 is 0 Å². The van der Waals surface area contributed by atoms with Gasteiger partial charge < -0.3 is 10.2 Å². The zero-order valence-corrected chi connectivity index (χ0v) is 7.36. The third kappa shape index (κ3) is 1.81. The number of aliphatic carboxylic acids is 1. The van der Waals surface area contributed by atoms with Gasteiger partial charge in [0, 0.05) is 0 Å². The van der Waals surface area contributed by atoms with Gasteiger partial charge in [0.15, 0.2) is 6.10 Å². The highest BCUT2D eigenvalue weighted by Gasteiger charge is 2.43. The summed E-state index contributed by atoms with van der Waals surface area (Å²) in [5.74, 6) is -1.29. The van der Waals surface area contributed by atoms with Crippen molar-refractivity contribution in [2.24, 2.45) is 5.41 Å². The molecule has 0 aromatic heterocycles. The second kappa shape index (κ2) is 3.75. The lowest BCUT2D eigenvalue weighted by molar-refractivity contribution is -0.153. The molecule has 0 radical (unpaired) electrons. The van der Waals surface area contributed by atoms with E-state index in [1.807, 2.05) is 6.07 Å². The Morgan fingerprint density at radius 1 is 1.38 bits per heavy atom. The van der Waals surface area contributed by atoms with Gasteiger partial charge in [0.05, 0.1) is 11.5 Å². The van der Waals surface area contributed by atoms with E-state index in [-0.39, 0.29) is 0 Å². The lowest BCUT2D eigenvalue weighted by Crippen LogP contribution is -2.41. The molecule has 1 atom stereocenters. The predicted octanol–water partition coefficient (Wildman–Crippen LogP) is 0.906. The number of aliphatic hydroxyl groups excluding tert-OH is 1. The Morgan fingerprint density at radius 3 is 2.31 bits per heavy atom. The fourth-order valence-corrected chi connectivity index (χ4v) is 1.87. The molecule has 4 nitrogen and oxygen atoms in total. The van der Waals surface area contributed by atoms with Crippen molar-refractivity contribution in [2.75, 3.05) is 0 Å². The number of carbonyl (C=O) groups is 1. The minimum absolute atomic E-state index is 0.497. The van der Waals surface area contributed by atoms with E-state index in [4.69, 9.17) is 10.4 Å². The molecular formula is C9H13NO3. The van der Waals surface area contributed by atoms with Crippen molar-refractivity contribution in [3.8, 4) is 6.07 Å². The SMILES string of the molecule is N#CC1(C(O)C(=O)O)CCCCC1. The van der Waals surface area contributed by atoms with Gasteiger partial charge in [0.1, 0.15) is 0 Å². The van der Waals surface area contributed by atoms with E-state index in [2.05, 4.69) is 0 Å². The summed E-state index contributed by atoms with van der Waals surface area (Å²) in [6.45, 7) is 0.